The number of carbonyl (C=O) groups is 1. The maximum absolute atomic E-state index is 12.1. The number of rotatable bonds is 4. The molecule has 0 aliphatic carbocycles. The highest BCUT2D eigenvalue weighted by atomic mass is 32.2. The van der Waals surface area contributed by atoms with Crippen molar-refractivity contribution in [2.24, 2.45) is 0 Å². The monoisotopic (exact) mass is 325 g/mol. The molecule has 1 fully saturated rings. The molecule has 1 unspecified atom stereocenters. The minimum Gasteiger partial charge on any atom is -0.493 e. The van der Waals surface area contributed by atoms with E-state index in [1.54, 1.807) is 6.07 Å². The van der Waals surface area contributed by atoms with Crippen LogP contribution in [0.4, 0.5) is 0 Å². The van der Waals surface area contributed by atoms with Gasteiger partial charge in [0.05, 0.1) is 19.6 Å². The van der Waals surface area contributed by atoms with Crippen molar-refractivity contribution in [3.63, 3.8) is 0 Å². The lowest BCUT2D eigenvalue weighted by molar-refractivity contribution is -0.118. The summed E-state index contributed by atoms with van der Waals surface area (Å²) in [7, 11) is -3.66. The quantitative estimate of drug-likeness (QED) is 0.885. The van der Waals surface area contributed by atoms with Gasteiger partial charge in [0.1, 0.15) is 11.0 Å². The fourth-order valence-corrected chi connectivity index (χ4v) is 4.08. The molecule has 2 heterocycles. The van der Waals surface area contributed by atoms with Crippen molar-refractivity contribution >= 4 is 15.9 Å². The van der Waals surface area contributed by atoms with Crippen molar-refractivity contribution in [1.82, 2.24) is 4.72 Å². The van der Waals surface area contributed by atoms with Crippen LogP contribution >= 0.6 is 0 Å². The van der Waals surface area contributed by atoms with E-state index in [2.05, 4.69) is 4.72 Å². The van der Waals surface area contributed by atoms with Crippen LogP contribution in [0.1, 0.15) is 24.0 Å². The molecule has 0 spiro atoms. The molecule has 1 atom stereocenters. The first-order valence-corrected chi connectivity index (χ1v) is 8.96. The number of sulfonamides is 1. The predicted octanol–water partition coefficient (Wildman–Crippen LogP) is 0.789. The second kappa shape index (κ2) is 6.26. The number of fused-ring (bicyclic) bond motifs is 1. The Morgan fingerprint density at radius 2 is 2.18 bits per heavy atom. The lowest BCUT2D eigenvalue weighted by Crippen LogP contribution is -2.42. The van der Waals surface area contributed by atoms with E-state index in [9.17, 15) is 13.2 Å². The summed E-state index contributed by atoms with van der Waals surface area (Å²) in [5.74, 6) is 0.334. The zero-order chi connectivity index (χ0) is 15.6. The number of amides is 1. The van der Waals surface area contributed by atoms with Gasteiger partial charge in [0.25, 0.3) is 0 Å². The molecule has 2 aliphatic heterocycles. The smallest absolute Gasteiger partial charge is 0.240 e. The van der Waals surface area contributed by atoms with Gasteiger partial charge in [0.15, 0.2) is 0 Å². The maximum atomic E-state index is 12.1. The highest BCUT2D eigenvalue weighted by Gasteiger charge is 2.29. The fourth-order valence-electron chi connectivity index (χ4n) is 2.77. The Bertz CT molecular complexity index is 665. The molecule has 1 saturated heterocycles. The van der Waals surface area contributed by atoms with Crippen molar-refractivity contribution in [3.05, 3.63) is 29.3 Å². The van der Waals surface area contributed by atoms with Crippen LogP contribution in [0.2, 0.25) is 0 Å². The van der Waals surface area contributed by atoms with Crippen LogP contribution in [0, 0.1) is 0 Å². The van der Waals surface area contributed by atoms with Gasteiger partial charge in [-0.15, -0.1) is 0 Å². The van der Waals surface area contributed by atoms with Gasteiger partial charge < -0.3 is 9.47 Å². The van der Waals surface area contributed by atoms with Gasteiger partial charge in [0.2, 0.25) is 15.9 Å². The lowest BCUT2D eigenvalue weighted by atomic mass is 10.1. The predicted molar refractivity (Wildman–Crippen MR) is 80.2 cm³/mol. The third kappa shape index (κ3) is 3.41. The van der Waals surface area contributed by atoms with Crippen LogP contribution in [-0.2, 0) is 32.4 Å². The molecule has 1 aromatic carbocycles. The van der Waals surface area contributed by atoms with E-state index in [4.69, 9.17) is 9.47 Å². The molecule has 3 rings (SSSR count). The van der Waals surface area contributed by atoms with Crippen LogP contribution in [0.15, 0.2) is 18.2 Å². The van der Waals surface area contributed by atoms with Gasteiger partial charge >= 0.3 is 0 Å². The Labute approximate surface area is 129 Å². The lowest BCUT2D eigenvalue weighted by Gasteiger charge is -2.22. The molecular formula is C15H19NO5S. The van der Waals surface area contributed by atoms with Gasteiger partial charge in [-0.3, -0.25) is 9.52 Å². The van der Waals surface area contributed by atoms with Crippen LogP contribution in [0.3, 0.4) is 0 Å². The second-order valence-electron chi connectivity index (χ2n) is 5.63. The van der Waals surface area contributed by atoms with E-state index >= 15 is 0 Å². The van der Waals surface area contributed by atoms with Crippen LogP contribution in [0.5, 0.6) is 5.75 Å². The Morgan fingerprint density at radius 1 is 1.32 bits per heavy atom. The third-order valence-electron chi connectivity index (χ3n) is 3.93. The summed E-state index contributed by atoms with van der Waals surface area (Å²) >= 11 is 0. The molecule has 2 aliphatic rings. The van der Waals surface area contributed by atoms with Crippen molar-refractivity contribution in [1.29, 1.82) is 0 Å². The standard InChI is InChI=1S/C15H19NO5S/c17-15(16-22(18,19)13-2-1-6-20-10-13)9-11-3-4-14-12(8-11)5-7-21-14/h3-4,8,13H,1-2,5-7,9-10H2,(H,16,17). The summed E-state index contributed by atoms with van der Waals surface area (Å²) < 4.78 is 37.0. The van der Waals surface area contributed by atoms with E-state index < -0.39 is 21.2 Å². The number of ether oxygens (including phenoxy) is 2. The Kier molecular flexibility index (Phi) is 4.35. The van der Waals surface area contributed by atoms with Crippen LogP contribution in [-0.4, -0.2) is 39.4 Å². The molecule has 22 heavy (non-hydrogen) atoms. The van der Waals surface area contributed by atoms with E-state index in [1.165, 1.54) is 0 Å². The summed E-state index contributed by atoms with van der Waals surface area (Å²) in [4.78, 5) is 12.0. The Balaban J connectivity index is 1.62. The van der Waals surface area contributed by atoms with Gasteiger partial charge in [0, 0.05) is 13.0 Å². The van der Waals surface area contributed by atoms with Crippen molar-refractivity contribution < 1.29 is 22.7 Å². The average Bonchev–Trinajstić information content (AvgIpc) is 2.95. The summed E-state index contributed by atoms with van der Waals surface area (Å²) in [6, 6.07) is 5.52. The molecule has 1 aromatic rings. The van der Waals surface area contributed by atoms with Gasteiger partial charge in [-0.1, -0.05) is 12.1 Å². The van der Waals surface area contributed by atoms with E-state index in [1.807, 2.05) is 12.1 Å². The molecule has 1 N–H and O–H groups in total. The number of carbonyl (C=O) groups excluding carboxylic acids is 1. The Morgan fingerprint density at radius 3 is 2.95 bits per heavy atom. The minimum absolute atomic E-state index is 0.0418. The maximum Gasteiger partial charge on any atom is 0.240 e. The summed E-state index contributed by atoms with van der Waals surface area (Å²) in [6.07, 6.45) is 2.09. The van der Waals surface area contributed by atoms with Crippen LogP contribution < -0.4 is 9.46 Å². The van der Waals surface area contributed by atoms with Crippen LogP contribution in [0.25, 0.3) is 0 Å². The van der Waals surface area contributed by atoms with Gasteiger partial charge in [-0.25, -0.2) is 8.42 Å². The van der Waals surface area contributed by atoms with Gasteiger partial charge in [-0.2, -0.15) is 0 Å². The first-order chi connectivity index (χ1) is 10.5. The molecular weight excluding hydrogens is 306 g/mol. The van der Waals surface area contributed by atoms with Crippen molar-refractivity contribution in [2.75, 3.05) is 19.8 Å². The van der Waals surface area contributed by atoms with E-state index in [0.717, 1.165) is 23.3 Å². The van der Waals surface area contributed by atoms with Crippen molar-refractivity contribution in [2.45, 2.75) is 30.9 Å². The third-order valence-corrected chi connectivity index (χ3v) is 5.69. The highest BCUT2D eigenvalue weighted by Crippen LogP contribution is 2.26. The molecule has 120 valence electrons. The SMILES string of the molecule is O=C(Cc1ccc2c(c1)CCO2)NS(=O)(=O)C1CCCOC1. The number of hydrogen-bond donors (Lipinski definition) is 1. The zero-order valence-corrected chi connectivity index (χ0v) is 13.0. The molecule has 0 aromatic heterocycles. The Hall–Kier alpha value is -1.60. The highest BCUT2D eigenvalue weighted by molar-refractivity contribution is 7.90. The molecule has 6 nitrogen and oxygen atoms in total. The summed E-state index contributed by atoms with van der Waals surface area (Å²) in [5.41, 5.74) is 1.85. The largest absolute Gasteiger partial charge is 0.493 e. The van der Waals surface area contributed by atoms with E-state index in [0.29, 0.717) is 26.1 Å². The first-order valence-electron chi connectivity index (χ1n) is 7.41. The zero-order valence-electron chi connectivity index (χ0n) is 12.2. The molecule has 1 amide bonds. The summed E-state index contributed by atoms with van der Waals surface area (Å²) in [5, 5.41) is -0.640. The molecule has 0 radical (unpaired) electrons. The molecule has 0 bridgehead atoms. The second-order valence-corrected chi connectivity index (χ2v) is 7.59. The molecule has 0 saturated carbocycles. The first kappa shape index (κ1) is 15.3. The normalized spacial score (nSPS) is 21.0. The number of nitrogens with one attached hydrogen (secondary N) is 1. The minimum atomic E-state index is -3.66. The van der Waals surface area contributed by atoms with Crippen molar-refractivity contribution in [3.8, 4) is 5.75 Å². The molecule has 7 heteroatoms. The number of hydrogen-bond acceptors (Lipinski definition) is 5. The average molecular weight is 325 g/mol. The topological polar surface area (TPSA) is 81.7 Å². The fraction of sp³-hybridized carbons (Fsp3) is 0.533. The van der Waals surface area contributed by atoms with E-state index in [-0.39, 0.29) is 13.0 Å². The van der Waals surface area contributed by atoms with Gasteiger partial charge in [-0.05, 0) is 30.0 Å². The number of benzene rings is 1. The summed E-state index contributed by atoms with van der Waals surface area (Å²) in [6.45, 7) is 1.39.